The Kier molecular flexibility index (Phi) is 5.24. The molecule has 7 heteroatoms. The van der Waals surface area contributed by atoms with E-state index in [1.807, 2.05) is 6.07 Å². The van der Waals surface area contributed by atoms with Crippen molar-refractivity contribution < 1.29 is 17.9 Å². The highest BCUT2D eigenvalue weighted by molar-refractivity contribution is 6.37. The van der Waals surface area contributed by atoms with Gasteiger partial charge in [-0.3, -0.25) is 0 Å². The topological polar surface area (TPSA) is 14.2 Å². The van der Waals surface area contributed by atoms with Crippen LogP contribution in [0, 0.1) is 6.92 Å². The van der Waals surface area contributed by atoms with E-state index < -0.39 is 11.7 Å². The number of aryl methyl sites for hydroxylation is 2. The molecule has 0 spiro atoms. The Balaban J connectivity index is 1.73. The number of benzene rings is 2. The van der Waals surface area contributed by atoms with E-state index in [1.54, 1.807) is 30.7 Å². The zero-order valence-corrected chi connectivity index (χ0v) is 17.5. The van der Waals surface area contributed by atoms with Crippen molar-refractivity contribution >= 4 is 34.1 Å². The van der Waals surface area contributed by atoms with E-state index in [-0.39, 0.29) is 6.10 Å². The maximum Gasteiger partial charge on any atom is 0.416 e. The normalized spacial score (nSPS) is 15.0. The largest absolute Gasteiger partial charge is 0.489 e. The van der Waals surface area contributed by atoms with E-state index in [9.17, 15) is 13.2 Å². The molecule has 0 unspecified atom stereocenters. The highest BCUT2D eigenvalue weighted by Gasteiger charge is 2.31. The fourth-order valence-electron chi connectivity index (χ4n) is 3.67. The number of nitrogens with zero attached hydrogens (tertiary/aromatic N) is 1. The number of rotatable bonds is 4. The number of halogens is 5. The van der Waals surface area contributed by atoms with Crippen LogP contribution in [0.15, 0.2) is 30.3 Å². The summed E-state index contributed by atoms with van der Waals surface area (Å²) in [5.74, 6) is 0.602. The van der Waals surface area contributed by atoms with Crippen LogP contribution in [0.5, 0.6) is 5.75 Å². The number of alkyl halides is 3. The van der Waals surface area contributed by atoms with Gasteiger partial charge < -0.3 is 9.30 Å². The molecule has 2 aromatic carbocycles. The zero-order chi connectivity index (χ0) is 20.9. The van der Waals surface area contributed by atoms with Crippen molar-refractivity contribution in [2.75, 3.05) is 0 Å². The van der Waals surface area contributed by atoms with Gasteiger partial charge in [-0.25, -0.2) is 0 Å². The molecule has 1 saturated carbocycles. The Morgan fingerprint density at radius 1 is 1.14 bits per heavy atom. The van der Waals surface area contributed by atoms with Gasteiger partial charge in [0, 0.05) is 35.1 Å². The Labute approximate surface area is 177 Å². The maximum atomic E-state index is 13.2. The second-order valence-electron chi connectivity index (χ2n) is 7.60. The molecule has 0 amide bonds. The molecule has 0 N–H and O–H groups in total. The minimum atomic E-state index is -4.39. The summed E-state index contributed by atoms with van der Waals surface area (Å²) in [6, 6.07) is 7.79. The van der Waals surface area contributed by atoms with Crippen LogP contribution < -0.4 is 4.74 Å². The van der Waals surface area contributed by atoms with Crippen molar-refractivity contribution in [1.29, 1.82) is 0 Å². The summed E-state index contributed by atoms with van der Waals surface area (Å²) < 4.78 is 47.4. The predicted octanol–water partition coefficient (Wildman–Crippen LogP) is 7.33. The van der Waals surface area contributed by atoms with Crippen LogP contribution in [0.1, 0.15) is 41.6 Å². The monoisotopic (exact) mass is 441 g/mol. The lowest BCUT2D eigenvalue weighted by molar-refractivity contribution is -0.137. The molecule has 3 aromatic rings. The van der Waals surface area contributed by atoms with Gasteiger partial charge in [-0.1, -0.05) is 23.2 Å². The predicted molar refractivity (Wildman–Crippen MR) is 110 cm³/mol. The molecule has 2 nitrogen and oxygen atoms in total. The molecule has 1 aliphatic carbocycles. The molecule has 1 aromatic heterocycles. The average molecular weight is 442 g/mol. The third-order valence-electron chi connectivity index (χ3n) is 5.65. The zero-order valence-electron chi connectivity index (χ0n) is 16.0. The fourth-order valence-corrected chi connectivity index (χ4v) is 4.22. The molecular weight excluding hydrogens is 422 g/mol. The van der Waals surface area contributed by atoms with E-state index in [0.29, 0.717) is 38.9 Å². The first-order chi connectivity index (χ1) is 13.6. The van der Waals surface area contributed by atoms with Gasteiger partial charge in [0.2, 0.25) is 0 Å². The Bertz CT molecular complexity index is 1080. The molecule has 0 bridgehead atoms. The van der Waals surface area contributed by atoms with Crippen LogP contribution in [0.25, 0.3) is 10.9 Å². The molecule has 1 heterocycles. The third-order valence-corrected chi connectivity index (χ3v) is 6.42. The molecule has 0 aliphatic heterocycles. The van der Waals surface area contributed by atoms with Gasteiger partial charge in [-0.2, -0.15) is 13.2 Å². The lowest BCUT2D eigenvalue weighted by Gasteiger charge is -2.27. The minimum absolute atomic E-state index is 0.183. The van der Waals surface area contributed by atoms with Crippen molar-refractivity contribution in [2.24, 2.45) is 7.05 Å². The van der Waals surface area contributed by atoms with Crippen LogP contribution in [0.2, 0.25) is 10.0 Å². The average Bonchev–Trinajstić information content (AvgIpc) is 2.92. The quantitative estimate of drug-likeness (QED) is 0.413. The highest BCUT2D eigenvalue weighted by atomic mass is 35.5. The van der Waals surface area contributed by atoms with Crippen LogP contribution in [-0.4, -0.2) is 10.7 Å². The van der Waals surface area contributed by atoms with E-state index in [1.165, 1.54) is 12.1 Å². The third kappa shape index (κ3) is 3.82. The molecule has 0 radical (unpaired) electrons. The summed E-state index contributed by atoms with van der Waals surface area (Å²) in [5, 5.41) is 1.75. The summed E-state index contributed by atoms with van der Waals surface area (Å²) in [5.41, 5.74) is 2.00. The summed E-state index contributed by atoms with van der Waals surface area (Å²) in [6.07, 6.45) is -0.633. The van der Waals surface area contributed by atoms with Gasteiger partial charge in [0.1, 0.15) is 5.75 Å². The van der Waals surface area contributed by atoms with Crippen molar-refractivity contribution in [3.05, 3.63) is 62.8 Å². The minimum Gasteiger partial charge on any atom is -0.489 e. The van der Waals surface area contributed by atoms with Crippen molar-refractivity contribution in [3.63, 3.8) is 0 Å². The lowest BCUT2D eigenvalue weighted by atomic mass is 9.96. The van der Waals surface area contributed by atoms with Gasteiger partial charge in [0.05, 0.1) is 16.7 Å². The Morgan fingerprint density at radius 3 is 2.48 bits per heavy atom. The smallest absolute Gasteiger partial charge is 0.416 e. The second-order valence-corrected chi connectivity index (χ2v) is 8.39. The van der Waals surface area contributed by atoms with Crippen LogP contribution in [0.3, 0.4) is 0 Å². The van der Waals surface area contributed by atoms with Crippen LogP contribution in [-0.2, 0) is 19.6 Å². The lowest BCUT2D eigenvalue weighted by Crippen LogP contribution is -2.24. The highest BCUT2D eigenvalue weighted by Crippen LogP contribution is 2.39. The first-order valence-electron chi connectivity index (χ1n) is 9.45. The van der Waals surface area contributed by atoms with Gasteiger partial charge in [-0.15, -0.1) is 0 Å². The fraction of sp³-hybridized carbons (Fsp3) is 0.364. The number of ether oxygens (including phenoxy) is 1. The van der Waals surface area contributed by atoms with Crippen molar-refractivity contribution in [3.8, 4) is 5.75 Å². The summed E-state index contributed by atoms with van der Waals surface area (Å²) >= 11 is 13.0. The standard InChI is InChI=1S/C22H20Cl2F3NO/c1-12-8-13(22(25,26)27)9-19-16(12)10-14(28(19)2)11-17-18(23)6-7-20(21(17)24)29-15-4-3-5-15/h6-10,15H,3-5,11H2,1-2H3. The number of aromatic nitrogens is 1. The first kappa shape index (κ1) is 20.4. The number of hydrogen-bond acceptors (Lipinski definition) is 1. The van der Waals surface area contributed by atoms with E-state index >= 15 is 0 Å². The first-order valence-corrected chi connectivity index (χ1v) is 10.2. The van der Waals surface area contributed by atoms with E-state index in [2.05, 4.69) is 0 Å². The molecule has 0 saturated heterocycles. The summed E-state index contributed by atoms with van der Waals surface area (Å²) in [4.78, 5) is 0. The second kappa shape index (κ2) is 7.44. The maximum absolute atomic E-state index is 13.2. The van der Waals surface area contributed by atoms with Crippen LogP contribution >= 0.6 is 23.2 Å². The van der Waals surface area contributed by atoms with Crippen molar-refractivity contribution in [2.45, 2.75) is 44.9 Å². The van der Waals surface area contributed by atoms with Gasteiger partial charge in [0.15, 0.2) is 0 Å². The van der Waals surface area contributed by atoms with Crippen LogP contribution in [0.4, 0.5) is 13.2 Å². The van der Waals surface area contributed by atoms with Gasteiger partial charge in [-0.05, 0) is 67.6 Å². The van der Waals surface area contributed by atoms with E-state index in [0.717, 1.165) is 30.3 Å². The number of fused-ring (bicyclic) bond motifs is 1. The molecule has 1 fully saturated rings. The number of hydrogen-bond donors (Lipinski definition) is 0. The summed E-state index contributed by atoms with van der Waals surface area (Å²) in [7, 11) is 1.76. The molecule has 29 heavy (non-hydrogen) atoms. The van der Waals surface area contributed by atoms with E-state index in [4.69, 9.17) is 27.9 Å². The molecular formula is C22H20Cl2F3NO. The molecule has 0 atom stereocenters. The molecule has 154 valence electrons. The Morgan fingerprint density at radius 2 is 1.86 bits per heavy atom. The molecule has 4 rings (SSSR count). The van der Waals surface area contributed by atoms with Gasteiger partial charge in [0.25, 0.3) is 0 Å². The molecule has 1 aliphatic rings. The Hall–Kier alpha value is -1.85. The SMILES string of the molecule is Cc1cc(C(F)(F)F)cc2c1cc(Cc1c(Cl)ccc(OC3CCC3)c1Cl)n2C. The summed E-state index contributed by atoms with van der Waals surface area (Å²) in [6.45, 7) is 1.69. The van der Waals surface area contributed by atoms with Crippen molar-refractivity contribution in [1.82, 2.24) is 4.57 Å². The van der Waals surface area contributed by atoms with Gasteiger partial charge >= 0.3 is 6.18 Å².